The van der Waals surface area contributed by atoms with Gasteiger partial charge in [0.05, 0.1) is 0 Å². The molecule has 1 aliphatic rings. The smallest absolute Gasteiger partial charge is 0.119 e. The number of nitrogens with one attached hydrogen (secondary N) is 1. The summed E-state index contributed by atoms with van der Waals surface area (Å²) in [7, 11) is 0. The van der Waals surface area contributed by atoms with Gasteiger partial charge in [-0.15, -0.1) is 0 Å². The van der Waals surface area contributed by atoms with E-state index >= 15 is 0 Å². The van der Waals surface area contributed by atoms with Crippen LogP contribution >= 0.6 is 11.8 Å². The summed E-state index contributed by atoms with van der Waals surface area (Å²) in [5, 5.41) is 23.1. The molecule has 100 valence electrons. The second-order valence-corrected chi connectivity index (χ2v) is 6.31. The highest BCUT2D eigenvalue weighted by atomic mass is 32.2. The van der Waals surface area contributed by atoms with Crippen LogP contribution in [-0.2, 0) is 0 Å². The van der Waals surface area contributed by atoms with Gasteiger partial charge in [0.2, 0.25) is 0 Å². The number of phenols is 2. The Hall–Kier alpha value is -0.870. The fraction of sp³-hybridized carbons (Fsp3) is 0.571. The van der Waals surface area contributed by atoms with Gasteiger partial charge in [-0.05, 0) is 43.2 Å². The molecule has 1 aromatic rings. The molecule has 1 fully saturated rings. The van der Waals surface area contributed by atoms with E-state index in [1.165, 1.54) is 31.1 Å². The standard InChI is InChI=1S/C14H21NO2S/c1-10(11-6-12(16)8-13(17)7-11)15-9-14-4-2-3-5-18-14/h6-8,10,14-17H,2-5,9H2,1H3. The second-order valence-electron chi connectivity index (χ2n) is 4.90. The minimum Gasteiger partial charge on any atom is -0.508 e. The van der Waals surface area contributed by atoms with Crippen molar-refractivity contribution in [1.82, 2.24) is 5.32 Å². The molecule has 0 saturated carbocycles. The van der Waals surface area contributed by atoms with E-state index in [9.17, 15) is 10.2 Å². The lowest BCUT2D eigenvalue weighted by molar-refractivity contribution is 0.445. The molecule has 0 aromatic heterocycles. The summed E-state index contributed by atoms with van der Waals surface area (Å²) in [6.07, 6.45) is 3.97. The highest BCUT2D eigenvalue weighted by Crippen LogP contribution is 2.27. The zero-order valence-electron chi connectivity index (χ0n) is 10.7. The van der Waals surface area contributed by atoms with Gasteiger partial charge in [-0.25, -0.2) is 0 Å². The van der Waals surface area contributed by atoms with Gasteiger partial charge in [0.1, 0.15) is 11.5 Å². The molecule has 0 radical (unpaired) electrons. The summed E-state index contributed by atoms with van der Waals surface area (Å²) in [5.41, 5.74) is 0.924. The lowest BCUT2D eigenvalue weighted by Gasteiger charge is -2.24. The highest BCUT2D eigenvalue weighted by molar-refractivity contribution is 7.99. The Labute approximate surface area is 113 Å². The molecule has 1 saturated heterocycles. The van der Waals surface area contributed by atoms with Gasteiger partial charge in [0.25, 0.3) is 0 Å². The number of hydrogen-bond acceptors (Lipinski definition) is 4. The largest absolute Gasteiger partial charge is 0.508 e. The quantitative estimate of drug-likeness (QED) is 0.785. The van der Waals surface area contributed by atoms with E-state index in [0.717, 1.165) is 12.1 Å². The Morgan fingerprint density at radius 1 is 1.28 bits per heavy atom. The summed E-state index contributed by atoms with van der Waals surface area (Å²) in [6.45, 7) is 3.05. The molecule has 2 atom stereocenters. The highest BCUT2D eigenvalue weighted by Gasteiger charge is 2.15. The maximum absolute atomic E-state index is 9.47. The molecule has 0 spiro atoms. The first-order chi connectivity index (χ1) is 8.65. The summed E-state index contributed by atoms with van der Waals surface area (Å²) in [6, 6.07) is 4.90. The van der Waals surface area contributed by atoms with Crippen LogP contribution in [0.15, 0.2) is 18.2 Å². The van der Waals surface area contributed by atoms with E-state index in [0.29, 0.717) is 5.25 Å². The van der Waals surface area contributed by atoms with Crippen molar-refractivity contribution < 1.29 is 10.2 Å². The number of rotatable bonds is 4. The van der Waals surface area contributed by atoms with Crippen molar-refractivity contribution >= 4 is 11.8 Å². The van der Waals surface area contributed by atoms with Gasteiger partial charge >= 0.3 is 0 Å². The van der Waals surface area contributed by atoms with Crippen LogP contribution in [0.25, 0.3) is 0 Å². The van der Waals surface area contributed by atoms with E-state index in [-0.39, 0.29) is 17.5 Å². The first kappa shape index (κ1) is 13.6. The third-order valence-electron chi connectivity index (χ3n) is 3.35. The molecule has 18 heavy (non-hydrogen) atoms. The maximum Gasteiger partial charge on any atom is 0.119 e. The minimum atomic E-state index is 0.116. The van der Waals surface area contributed by atoms with Gasteiger partial charge in [-0.2, -0.15) is 11.8 Å². The fourth-order valence-corrected chi connectivity index (χ4v) is 3.51. The van der Waals surface area contributed by atoms with Crippen LogP contribution in [0.2, 0.25) is 0 Å². The zero-order chi connectivity index (χ0) is 13.0. The maximum atomic E-state index is 9.47. The second kappa shape index (κ2) is 6.34. The SMILES string of the molecule is CC(NCC1CCCCS1)c1cc(O)cc(O)c1. The van der Waals surface area contributed by atoms with Gasteiger partial charge in [-0.3, -0.25) is 0 Å². The molecule has 2 unspecified atom stereocenters. The molecule has 0 aliphatic carbocycles. The molecule has 4 heteroatoms. The van der Waals surface area contributed by atoms with Gasteiger partial charge in [-0.1, -0.05) is 6.42 Å². The number of thioether (sulfide) groups is 1. The van der Waals surface area contributed by atoms with E-state index < -0.39 is 0 Å². The Morgan fingerprint density at radius 2 is 2.00 bits per heavy atom. The van der Waals surface area contributed by atoms with Crippen LogP contribution in [0.4, 0.5) is 0 Å². The Balaban J connectivity index is 1.88. The summed E-state index contributed by atoms with van der Waals surface area (Å²) >= 11 is 2.05. The fourth-order valence-electron chi connectivity index (χ4n) is 2.26. The monoisotopic (exact) mass is 267 g/mol. The minimum absolute atomic E-state index is 0.116. The van der Waals surface area contributed by atoms with Crippen molar-refractivity contribution in [3.05, 3.63) is 23.8 Å². The molecule has 0 amide bonds. The molecule has 3 nitrogen and oxygen atoms in total. The third kappa shape index (κ3) is 3.82. The number of phenolic OH excluding ortho intramolecular Hbond substituents is 2. The van der Waals surface area contributed by atoms with Crippen molar-refractivity contribution in [3.8, 4) is 11.5 Å². The molecule has 1 heterocycles. The van der Waals surface area contributed by atoms with Crippen LogP contribution in [0.3, 0.4) is 0 Å². The lowest BCUT2D eigenvalue weighted by atomic mass is 10.1. The van der Waals surface area contributed by atoms with Crippen molar-refractivity contribution in [3.63, 3.8) is 0 Å². The number of hydrogen-bond donors (Lipinski definition) is 3. The van der Waals surface area contributed by atoms with E-state index in [1.54, 1.807) is 12.1 Å². The normalized spacial score (nSPS) is 21.7. The van der Waals surface area contributed by atoms with Crippen molar-refractivity contribution in [2.75, 3.05) is 12.3 Å². The Bertz CT molecular complexity index is 371. The number of benzene rings is 1. The Kier molecular flexibility index (Phi) is 4.78. The average molecular weight is 267 g/mol. The van der Waals surface area contributed by atoms with Gasteiger partial charge < -0.3 is 15.5 Å². The lowest BCUT2D eigenvalue weighted by Crippen LogP contribution is -2.28. The molecular formula is C14H21NO2S. The molecule has 2 rings (SSSR count). The predicted octanol–water partition coefficient (Wildman–Crippen LogP) is 3.03. The molecule has 1 aliphatic heterocycles. The predicted molar refractivity (Wildman–Crippen MR) is 76.3 cm³/mol. The molecule has 3 N–H and O–H groups in total. The Morgan fingerprint density at radius 3 is 2.61 bits per heavy atom. The topological polar surface area (TPSA) is 52.5 Å². The molecule has 0 bridgehead atoms. The number of aromatic hydroxyl groups is 2. The van der Waals surface area contributed by atoms with Crippen molar-refractivity contribution in [2.45, 2.75) is 37.5 Å². The molecular weight excluding hydrogens is 246 g/mol. The van der Waals surface area contributed by atoms with Gasteiger partial charge in [0.15, 0.2) is 0 Å². The first-order valence-corrected chi connectivity index (χ1v) is 7.58. The van der Waals surface area contributed by atoms with Crippen LogP contribution in [0, 0.1) is 0 Å². The van der Waals surface area contributed by atoms with E-state index in [1.807, 2.05) is 11.8 Å². The van der Waals surface area contributed by atoms with Crippen LogP contribution in [0.5, 0.6) is 11.5 Å². The first-order valence-electron chi connectivity index (χ1n) is 6.53. The van der Waals surface area contributed by atoms with Crippen LogP contribution < -0.4 is 5.32 Å². The van der Waals surface area contributed by atoms with Crippen LogP contribution in [-0.4, -0.2) is 27.8 Å². The summed E-state index contributed by atoms with van der Waals surface area (Å²) in [5.74, 6) is 1.50. The van der Waals surface area contributed by atoms with E-state index in [2.05, 4.69) is 12.2 Å². The van der Waals surface area contributed by atoms with Crippen molar-refractivity contribution in [1.29, 1.82) is 0 Å². The van der Waals surface area contributed by atoms with E-state index in [4.69, 9.17) is 0 Å². The third-order valence-corrected chi connectivity index (χ3v) is 4.75. The summed E-state index contributed by atoms with van der Waals surface area (Å²) in [4.78, 5) is 0. The summed E-state index contributed by atoms with van der Waals surface area (Å²) < 4.78 is 0. The van der Waals surface area contributed by atoms with Crippen LogP contribution in [0.1, 0.15) is 37.8 Å². The average Bonchev–Trinajstić information content (AvgIpc) is 2.36. The van der Waals surface area contributed by atoms with Gasteiger partial charge in [0, 0.05) is 23.9 Å². The molecule has 1 aromatic carbocycles. The zero-order valence-corrected chi connectivity index (χ0v) is 11.5. The van der Waals surface area contributed by atoms with Crippen molar-refractivity contribution in [2.24, 2.45) is 0 Å².